The Balaban J connectivity index is 1.51. The van der Waals surface area contributed by atoms with Gasteiger partial charge in [0, 0.05) is 29.7 Å². The van der Waals surface area contributed by atoms with Crippen molar-refractivity contribution < 1.29 is 4.79 Å². The zero-order valence-corrected chi connectivity index (χ0v) is 15.4. The van der Waals surface area contributed by atoms with E-state index in [9.17, 15) is 4.79 Å². The fourth-order valence-electron chi connectivity index (χ4n) is 2.98. The van der Waals surface area contributed by atoms with Crippen molar-refractivity contribution in [3.8, 4) is 0 Å². The van der Waals surface area contributed by atoms with Gasteiger partial charge in [0.1, 0.15) is 0 Å². The van der Waals surface area contributed by atoms with E-state index in [4.69, 9.17) is 0 Å². The summed E-state index contributed by atoms with van der Waals surface area (Å²) in [6, 6.07) is 17.5. The number of hydrogen-bond donors (Lipinski definition) is 2. The van der Waals surface area contributed by atoms with Gasteiger partial charge in [0.05, 0.1) is 16.8 Å². The highest BCUT2D eigenvalue weighted by Crippen LogP contribution is 2.23. The smallest absolute Gasteiger partial charge is 0.258 e. The maximum absolute atomic E-state index is 12.5. The normalized spacial score (nSPS) is 10.6. The lowest BCUT2D eigenvalue weighted by atomic mass is 10.1. The molecule has 1 amide bonds. The van der Waals surface area contributed by atoms with Crippen molar-refractivity contribution in [3.63, 3.8) is 0 Å². The van der Waals surface area contributed by atoms with Crippen molar-refractivity contribution in [2.24, 2.45) is 0 Å². The number of nitrogens with one attached hydrogen (secondary N) is 2. The Morgan fingerprint density at radius 3 is 2.46 bits per heavy atom. The number of nitrogens with zero attached hydrogens (tertiary/aromatic N) is 3. The number of anilines is 3. The number of carbonyl (C=O) groups is 1. The van der Waals surface area contributed by atoms with E-state index in [1.54, 1.807) is 6.20 Å². The molecular weight excluding hydrogens is 350 g/mol. The second-order valence-electron chi connectivity index (χ2n) is 6.27. The molecule has 0 saturated heterocycles. The Bertz CT molecular complexity index is 1120. The van der Waals surface area contributed by atoms with Crippen molar-refractivity contribution in [1.82, 2.24) is 15.0 Å². The van der Waals surface area contributed by atoms with Crippen molar-refractivity contribution >= 4 is 34.1 Å². The molecule has 0 aliphatic rings. The summed E-state index contributed by atoms with van der Waals surface area (Å²) < 4.78 is 0. The highest BCUT2D eigenvalue weighted by atomic mass is 16.1. The van der Waals surface area contributed by atoms with Gasteiger partial charge >= 0.3 is 0 Å². The molecule has 4 aromatic rings. The van der Waals surface area contributed by atoms with E-state index in [1.807, 2.05) is 54.6 Å². The van der Waals surface area contributed by atoms with E-state index in [0.29, 0.717) is 11.5 Å². The third kappa shape index (κ3) is 3.66. The van der Waals surface area contributed by atoms with Gasteiger partial charge in [-0.05, 0) is 30.2 Å². The Morgan fingerprint density at radius 2 is 1.64 bits per heavy atom. The van der Waals surface area contributed by atoms with E-state index in [2.05, 4.69) is 32.5 Å². The molecule has 0 radical (unpaired) electrons. The molecule has 2 heterocycles. The minimum atomic E-state index is -0.237. The molecule has 4 rings (SSSR count). The zero-order valence-electron chi connectivity index (χ0n) is 15.4. The lowest BCUT2D eigenvalue weighted by molar-refractivity contribution is 0.102. The van der Waals surface area contributed by atoms with Crippen molar-refractivity contribution in [2.45, 2.75) is 13.3 Å². The van der Waals surface area contributed by atoms with Gasteiger partial charge in [-0.3, -0.25) is 9.78 Å². The molecule has 0 spiro atoms. The minimum Gasteiger partial charge on any atom is -0.322 e. The monoisotopic (exact) mass is 369 g/mol. The summed E-state index contributed by atoms with van der Waals surface area (Å²) in [7, 11) is 0. The Hall–Kier alpha value is -3.80. The molecule has 0 saturated carbocycles. The molecule has 6 heteroatoms. The molecule has 6 nitrogen and oxygen atoms in total. The molecule has 2 N–H and O–H groups in total. The van der Waals surface area contributed by atoms with Crippen LogP contribution in [0.5, 0.6) is 0 Å². The topological polar surface area (TPSA) is 79.8 Å². The lowest BCUT2D eigenvalue weighted by Crippen LogP contribution is -2.14. The standard InChI is InChI=1S/C22H19N5O/c1-2-15-7-3-4-10-18(15)26-21(28)17-13-24-22(25-14-17)27-19-11-5-8-16-9-6-12-23-20(16)19/h3-14H,2H2,1H3,(H,26,28)(H,24,25,27). The van der Waals surface area contributed by atoms with Gasteiger partial charge in [0.25, 0.3) is 5.91 Å². The highest BCUT2D eigenvalue weighted by Gasteiger charge is 2.10. The first-order chi connectivity index (χ1) is 13.7. The van der Waals surface area contributed by atoms with Crippen molar-refractivity contribution in [3.05, 3.63) is 84.3 Å². The van der Waals surface area contributed by atoms with E-state index < -0.39 is 0 Å². The Kier molecular flexibility index (Phi) is 4.93. The molecular formula is C22H19N5O. The fourth-order valence-corrected chi connectivity index (χ4v) is 2.98. The number of aryl methyl sites for hydroxylation is 1. The zero-order chi connectivity index (χ0) is 19.3. The maximum Gasteiger partial charge on any atom is 0.258 e. The molecule has 28 heavy (non-hydrogen) atoms. The summed E-state index contributed by atoms with van der Waals surface area (Å²) in [5.74, 6) is 0.169. The molecule has 0 aliphatic heterocycles. The van der Waals surface area contributed by atoms with Gasteiger partial charge in [-0.25, -0.2) is 9.97 Å². The number of hydrogen-bond acceptors (Lipinski definition) is 5. The molecule has 0 bridgehead atoms. The van der Waals surface area contributed by atoms with Gasteiger partial charge < -0.3 is 10.6 Å². The lowest BCUT2D eigenvalue weighted by Gasteiger charge is -2.10. The van der Waals surface area contributed by atoms with Crippen LogP contribution in [-0.2, 0) is 6.42 Å². The summed E-state index contributed by atoms with van der Waals surface area (Å²) in [4.78, 5) is 25.5. The van der Waals surface area contributed by atoms with Gasteiger partial charge in [-0.15, -0.1) is 0 Å². The largest absolute Gasteiger partial charge is 0.322 e. The molecule has 0 atom stereocenters. The van der Waals surface area contributed by atoms with Gasteiger partial charge in [-0.1, -0.05) is 43.3 Å². The second kappa shape index (κ2) is 7.84. The van der Waals surface area contributed by atoms with Gasteiger partial charge in [-0.2, -0.15) is 0 Å². The summed E-state index contributed by atoms with van der Waals surface area (Å²) >= 11 is 0. The number of rotatable bonds is 5. The van der Waals surface area contributed by atoms with Gasteiger partial charge in [0.15, 0.2) is 0 Å². The summed E-state index contributed by atoms with van der Waals surface area (Å²) in [6.45, 7) is 2.05. The number of amides is 1. The van der Waals surface area contributed by atoms with E-state index in [0.717, 1.165) is 34.3 Å². The number of fused-ring (bicyclic) bond motifs is 1. The van der Waals surface area contributed by atoms with Crippen LogP contribution in [-0.4, -0.2) is 20.9 Å². The molecule has 2 aromatic heterocycles. The predicted molar refractivity (Wildman–Crippen MR) is 111 cm³/mol. The van der Waals surface area contributed by atoms with Crippen molar-refractivity contribution in [2.75, 3.05) is 10.6 Å². The molecule has 0 fully saturated rings. The molecule has 0 aliphatic carbocycles. The van der Waals surface area contributed by atoms with Crippen LogP contribution < -0.4 is 10.6 Å². The summed E-state index contributed by atoms with van der Waals surface area (Å²) in [5.41, 5.74) is 3.93. The maximum atomic E-state index is 12.5. The molecule has 0 unspecified atom stereocenters. The SMILES string of the molecule is CCc1ccccc1NC(=O)c1cnc(Nc2cccc3cccnc23)nc1. The Labute approximate surface area is 162 Å². The summed E-state index contributed by atoms with van der Waals surface area (Å²) in [5, 5.41) is 7.11. The first kappa shape index (κ1) is 17.6. The van der Waals surface area contributed by atoms with Crippen LogP contribution in [0.4, 0.5) is 17.3 Å². The predicted octanol–water partition coefficient (Wildman–Crippen LogP) is 4.58. The van der Waals surface area contributed by atoms with E-state index in [-0.39, 0.29) is 5.91 Å². The van der Waals surface area contributed by atoms with Crippen LogP contribution in [0.1, 0.15) is 22.8 Å². The average molecular weight is 369 g/mol. The molecule has 138 valence electrons. The minimum absolute atomic E-state index is 0.237. The van der Waals surface area contributed by atoms with Crippen molar-refractivity contribution in [1.29, 1.82) is 0 Å². The van der Waals surface area contributed by atoms with E-state index >= 15 is 0 Å². The fraction of sp³-hybridized carbons (Fsp3) is 0.0909. The van der Waals surface area contributed by atoms with Crippen LogP contribution in [0.15, 0.2) is 73.2 Å². The number of aromatic nitrogens is 3. The first-order valence-corrected chi connectivity index (χ1v) is 9.06. The molecule has 2 aromatic carbocycles. The van der Waals surface area contributed by atoms with Crippen LogP contribution >= 0.6 is 0 Å². The van der Waals surface area contributed by atoms with Gasteiger partial charge in [0.2, 0.25) is 5.95 Å². The van der Waals surface area contributed by atoms with E-state index in [1.165, 1.54) is 12.4 Å². The van der Waals surface area contributed by atoms with Crippen LogP contribution in [0.3, 0.4) is 0 Å². The van der Waals surface area contributed by atoms with Crippen LogP contribution in [0, 0.1) is 0 Å². The third-order valence-corrected chi connectivity index (χ3v) is 4.44. The number of pyridine rings is 1. The van der Waals surface area contributed by atoms with Crippen LogP contribution in [0.25, 0.3) is 10.9 Å². The Morgan fingerprint density at radius 1 is 0.893 bits per heavy atom. The number of para-hydroxylation sites is 2. The highest BCUT2D eigenvalue weighted by molar-refractivity contribution is 6.04. The quantitative estimate of drug-likeness (QED) is 0.538. The van der Waals surface area contributed by atoms with Crippen LogP contribution in [0.2, 0.25) is 0 Å². The first-order valence-electron chi connectivity index (χ1n) is 9.06. The average Bonchev–Trinajstić information content (AvgIpc) is 2.75. The number of benzene rings is 2. The third-order valence-electron chi connectivity index (χ3n) is 4.44. The summed E-state index contributed by atoms with van der Waals surface area (Å²) in [6.07, 6.45) is 5.61. The number of carbonyl (C=O) groups excluding carboxylic acids is 1. The second-order valence-corrected chi connectivity index (χ2v) is 6.27.